The molecule has 0 unspecified atom stereocenters. The van der Waals surface area contributed by atoms with Gasteiger partial charge in [-0.15, -0.1) is 0 Å². The van der Waals surface area contributed by atoms with Gasteiger partial charge in [-0.3, -0.25) is 4.79 Å². The number of para-hydroxylation sites is 1. The summed E-state index contributed by atoms with van der Waals surface area (Å²) in [5, 5.41) is 1.04. The van der Waals surface area contributed by atoms with Crippen LogP contribution in [0.4, 0.5) is 0 Å². The molecule has 0 radical (unpaired) electrons. The molecule has 6 rings (SSSR count). The van der Waals surface area contributed by atoms with E-state index >= 15 is 0 Å². The van der Waals surface area contributed by atoms with E-state index in [2.05, 4.69) is 6.07 Å². The van der Waals surface area contributed by atoms with Gasteiger partial charge >= 0.3 is 5.97 Å². The Kier molecular flexibility index (Phi) is 4.45. The molecule has 2 aliphatic heterocycles. The number of benzene rings is 2. The third-order valence-electron chi connectivity index (χ3n) is 6.71. The Morgan fingerprint density at radius 2 is 1.85 bits per heavy atom. The van der Waals surface area contributed by atoms with Crippen LogP contribution in [-0.2, 0) is 39.6 Å². The molecule has 0 amide bonds. The number of carbonyl (C=O) groups excluding carboxylic acids is 1. The van der Waals surface area contributed by atoms with Gasteiger partial charge in [-0.1, -0.05) is 55.5 Å². The average Bonchev–Trinajstić information content (AvgIpc) is 3.21. The standard InChI is InChI=1S/C27H22N2O4/c1-2-27(33-15-17-8-4-3-5-9-17)21-13-23-24-19(12-18-10-6-7-11-22(18)28-24)14-29(23)25(30)20(21)16-32-26(27)31/h3-13H,2,14-16H2,1H3/t27-/m0/s1. The van der Waals surface area contributed by atoms with Crippen LogP contribution in [0.25, 0.3) is 22.3 Å². The molecule has 0 fully saturated rings. The number of nitrogens with zero attached hydrogens (tertiary/aromatic N) is 2. The van der Waals surface area contributed by atoms with Crippen LogP contribution in [0.2, 0.25) is 0 Å². The fourth-order valence-corrected chi connectivity index (χ4v) is 4.93. The molecule has 2 aromatic heterocycles. The van der Waals surface area contributed by atoms with Crippen molar-refractivity contribution >= 4 is 16.9 Å². The summed E-state index contributed by atoms with van der Waals surface area (Å²) in [6, 6.07) is 21.6. The number of rotatable bonds is 4. The maximum atomic E-state index is 13.5. The minimum absolute atomic E-state index is 0.0462. The Hall–Kier alpha value is -3.77. The van der Waals surface area contributed by atoms with Crippen molar-refractivity contribution in [3.05, 3.63) is 99.3 Å². The number of carbonyl (C=O) groups is 1. The molecule has 0 saturated heterocycles. The van der Waals surface area contributed by atoms with E-state index < -0.39 is 11.6 Å². The number of aromatic nitrogens is 2. The highest BCUT2D eigenvalue weighted by Crippen LogP contribution is 2.41. The quantitative estimate of drug-likeness (QED) is 0.391. The lowest BCUT2D eigenvalue weighted by atomic mass is 9.85. The summed E-state index contributed by atoms with van der Waals surface area (Å²) < 4.78 is 13.5. The molecule has 33 heavy (non-hydrogen) atoms. The van der Waals surface area contributed by atoms with Crippen LogP contribution >= 0.6 is 0 Å². The van der Waals surface area contributed by atoms with Crippen LogP contribution in [0, 0.1) is 0 Å². The predicted molar refractivity (Wildman–Crippen MR) is 124 cm³/mol. The highest BCUT2D eigenvalue weighted by Gasteiger charge is 2.48. The minimum Gasteiger partial charge on any atom is -0.458 e. The van der Waals surface area contributed by atoms with E-state index in [1.807, 2.05) is 67.6 Å². The number of pyridine rings is 2. The summed E-state index contributed by atoms with van der Waals surface area (Å²) in [5.41, 5.74) is 3.89. The lowest BCUT2D eigenvalue weighted by Gasteiger charge is -2.36. The van der Waals surface area contributed by atoms with E-state index in [0.717, 1.165) is 33.4 Å². The molecular formula is C27H22N2O4. The van der Waals surface area contributed by atoms with Crippen molar-refractivity contribution < 1.29 is 14.3 Å². The highest BCUT2D eigenvalue weighted by molar-refractivity contribution is 5.86. The van der Waals surface area contributed by atoms with E-state index in [0.29, 0.717) is 24.1 Å². The summed E-state index contributed by atoms with van der Waals surface area (Å²) in [6.07, 6.45) is 0.354. The van der Waals surface area contributed by atoms with E-state index in [1.165, 1.54) is 0 Å². The summed E-state index contributed by atoms with van der Waals surface area (Å²) in [5.74, 6) is -0.456. The van der Waals surface area contributed by atoms with Crippen molar-refractivity contribution in [1.82, 2.24) is 9.55 Å². The molecule has 0 spiro atoms. The van der Waals surface area contributed by atoms with Gasteiger partial charge in [0.1, 0.15) is 6.61 Å². The first-order valence-electron chi connectivity index (χ1n) is 11.1. The third kappa shape index (κ3) is 2.94. The molecule has 0 bridgehead atoms. The van der Waals surface area contributed by atoms with E-state index in [-0.39, 0.29) is 18.8 Å². The second kappa shape index (κ2) is 7.39. The fraction of sp³-hybridized carbons (Fsp3) is 0.222. The first-order valence-corrected chi connectivity index (χ1v) is 11.1. The topological polar surface area (TPSA) is 70.4 Å². The molecule has 2 aromatic carbocycles. The fourth-order valence-electron chi connectivity index (χ4n) is 4.93. The van der Waals surface area contributed by atoms with Gasteiger partial charge in [-0.2, -0.15) is 0 Å². The Morgan fingerprint density at radius 3 is 2.67 bits per heavy atom. The first-order chi connectivity index (χ1) is 16.1. The van der Waals surface area contributed by atoms with Crippen molar-refractivity contribution in [1.29, 1.82) is 0 Å². The minimum atomic E-state index is -1.34. The maximum Gasteiger partial charge on any atom is 0.343 e. The van der Waals surface area contributed by atoms with Gasteiger partial charge in [0, 0.05) is 16.5 Å². The van der Waals surface area contributed by atoms with Gasteiger partial charge in [0.25, 0.3) is 5.56 Å². The van der Waals surface area contributed by atoms with Gasteiger partial charge in [0.05, 0.1) is 35.6 Å². The summed E-state index contributed by atoms with van der Waals surface area (Å²) >= 11 is 0. The lowest BCUT2D eigenvalue weighted by Crippen LogP contribution is -2.46. The summed E-state index contributed by atoms with van der Waals surface area (Å²) in [4.78, 5) is 31.5. The van der Waals surface area contributed by atoms with Gasteiger partial charge in [0.15, 0.2) is 5.60 Å². The molecule has 4 aromatic rings. The molecule has 1 atom stereocenters. The zero-order valence-electron chi connectivity index (χ0n) is 18.2. The number of cyclic esters (lactones) is 1. The number of fused-ring (bicyclic) bond motifs is 5. The van der Waals surface area contributed by atoms with Gasteiger partial charge in [-0.05, 0) is 30.2 Å². The summed E-state index contributed by atoms with van der Waals surface area (Å²) in [6.45, 7) is 2.52. The van der Waals surface area contributed by atoms with Crippen LogP contribution in [0.1, 0.15) is 35.6 Å². The smallest absolute Gasteiger partial charge is 0.343 e. The molecular weight excluding hydrogens is 416 g/mol. The van der Waals surface area contributed by atoms with Crippen LogP contribution in [-0.4, -0.2) is 15.5 Å². The predicted octanol–water partition coefficient (Wildman–Crippen LogP) is 4.30. The second-order valence-electron chi connectivity index (χ2n) is 8.53. The summed E-state index contributed by atoms with van der Waals surface area (Å²) in [7, 11) is 0. The molecule has 6 nitrogen and oxygen atoms in total. The van der Waals surface area contributed by atoms with Crippen LogP contribution in [0.15, 0.2) is 71.5 Å². The number of hydrogen-bond acceptors (Lipinski definition) is 5. The van der Waals surface area contributed by atoms with Crippen LogP contribution in [0.5, 0.6) is 0 Å². The zero-order valence-corrected chi connectivity index (χ0v) is 18.2. The molecule has 2 aliphatic rings. The molecule has 0 N–H and O–H groups in total. The van der Waals surface area contributed by atoms with Gasteiger partial charge in [-0.25, -0.2) is 9.78 Å². The largest absolute Gasteiger partial charge is 0.458 e. The van der Waals surface area contributed by atoms with Gasteiger partial charge in [0.2, 0.25) is 0 Å². The molecule has 164 valence electrons. The van der Waals surface area contributed by atoms with E-state index in [4.69, 9.17) is 14.5 Å². The molecule has 0 saturated carbocycles. The van der Waals surface area contributed by atoms with Crippen molar-refractivity contribution in [3.8, 4) is 11.4 Å². The third-order valence-corrected chi connectivity index (χ3v) is 6.71. The first kappa shape index (κ1) is 19.9. The Labute approximate surface area is 190 Å². The molecule has 0 aliphatic carbocycles. The maximum absolute atomic E-state index is 13.5. The average molecular weight is 438 g/mol. The lowest BCUT2D eigenvalue weighted by molar-refractivity contribution is -0.183. The van der Waals surface area contributed by atoms with Crippen molar-refractivity contribution in [2.75, 3.05) is 0 Å². The van der Waals surface area contributed by atoms with Gasteiger partial charge < -0.3 is 14.0 Å². The Balaban J connectivity index is 1.52. The molecule has 4 heterocycles. The monoisotopic (exact) mass is 438 g/mol. The Morgan fingerprint density at radius 1 is 1.06 bits per heavy atom. The number of ether oxygens (including phenoxy) is 2. The number of hydrogen-bond donors (Lipinski definition) is 0. The van der Waals surface area contributed by atoms with E-state index in [9.17, 15) is 9.59 Å². The highest BCUT2D eigenvalue weighted by atomic mass is 16.6. The zero-order chi connectivity index (χ0) is 22.6. The van der Waals surface area contributed by atoms with Crippen LogP contribution < -0.4 is 5.56 Å². The van der Waals surface area contributed by atoms with Crippen molar-refractivity contribution in [2.24, 2.45) is 0 Å². The van der Waals surface area contributed by atoms with Crippen molar-refractivity contribution in [2.45, 2.75) is 38.7 Å². The molecule has 6 heteroatoms. The van der Waals surface area contributed by atoms with E-state index in [1.54, 1.807) is 4.57 Å². The second-order valence-corrected chi connectivity index (χ2v) is 8.53. The number of esters is 1. The normalized spacial score (nSPS) is 18.5. The Bertz CT molecular complexity index is 1480. The SMILES string of the molecule is CC[C@@]1(OCc2ccccc2)C(=O)OCc2c1cc1n(c2=O)Cc2cc3ccccc3nc2-1. The van der Waals surface area contributed by atoms with Crippen molar-refractivity contribution in [3.63, 3.8) is 0 Å². The van der Waals surface area contributed by atoms with Crippen LogP contribution in [0.3, 0.4) is 0 Å².